The lowest BCUT2D eigenvalue weighted by molar-refractivity contribution is 0.174. The molecule has 3 heteroatoms. The summed E-state index contributed by atoms with van der Waals surface area (Å²) in [6.07, 6.45) is 3.58. The first-order chi connectivity index (χ1) is 8.88. The number of benzene rings is 1. The fraction of sp³-hybridized carbons (Fsp3) is 0.625. The topological polar surface area (TPSA) is 26.0 Å². The molecule has 1 aliphatic carbocycles. The van der Waals surface area contributed by atoms with Crippen molar-refractivity contribution in [1.29, 1.82) is 0 Å². The van der Waals surface area contributed by atoms with Crippen LogP contribution in [0.5, 0.6) is 0 Å². The van der Waals surface area contributed by atoms with Crippen LogP contribution in [0, 0.1) is 11.3 Å². The maximum Gasteiger partial charge on any atom is 0.0541 e. The van der Waals surface area contributed by atoms with Gasteiger partial charge in [-0.2, -0.15) is 0 Å². The zero-order chi connectivity index (χ0) is 14.0. The van der Waals surface area contributed by atoms with Crippen LogP contribution in [-0.2, 0) is 0 Å². The average molecular weight is 298 g/mol. The van der Waals surface area contributed by atoms with E-state index in [1.54, 1.807) is 0 Å². The van der Waals surface area contributed by atoms with Gasteiger partial charge in [0.1, 0.15) is 0 Å². The van der Waals surface area contributed by atoms with Crippen molar-refractivity contribution in [2.24, 2.45) is 17.1 Å². The first-order valence-corrected chi connectivity index (χ1v) is 8.30. The van der Waals surface area contributed by atoms with E-state index in [9.17, 15) is 0 Å². The van der Waals surface area contributed by atoms with Crippen molar-refractivity contribution in [3.05, 3.63) is 29.3 Å². The molecule has 1 aliphatic rings. The van der Waals surface area contributed by atoms with Gasteiger partial charge in [0.05, 0.1) is 5.02 Å². The van der Waals surface area contributed by atoms with E-state index in [1.165, 1.54) is 17.7 Å². The van der Waals surface area contributed by atoms with Crippen molar-refractivity contribution in [2.45, 2.75) is 56.2 Å². The molecule has 1 aromatic rings. The van der Waals surface area contributed by atoms with Gasteiger partial charge >= 0.3 is 0 Å². The predicted molar refractivity (Wildman–Crippen MR) is 85.9 cm³/mol. The van der Waals surface area contributed by atoms with Gasteiger partial charge in [-0.25, -0.2) is 0 Å². The number of hydrogen-bond acceptors (Lipinski definition) is 2. The van der Waals surface area contributed by atoms with Crippen LogP contribution in [0.3, 0.4) is 0 Å². The molecular weight excluding hydrogens is 274 g/mol. The summed E-state index contributed by atoms with van der Waals surface area (Å²) in [5.41, 5.74) is 6.69. The number of nitrogens with two attached hydrogens (primary N) is 1. The third-order valence-corrected chi connectivity index (χ3v) is 6.08. The Morgan fingerprint density at radius 3 is 2.53 bits per heavy atom. The SMILES string of the molecule is CC(C)(C)C1CCC(N)C(Sc2ccccc2Cl)C1. The highest BCUT2D eigenvalue weighted by Crippen LogP contribution is 2.43. The predicted octanol–water partition coefficient (Wildman–Crippen LogP) is 4.97. The highest BCUT2D eigenvalue weighted by atomic mass is 35.5. The molecule has 0 aliphatic heterocycles. The molecule has 0 spiro atoms. The fourth-order valence-electron chi connectivity index (χ4n) is 2.78. The van der Waals surface area contributed by atoms with Crippen LogP contribution in [0.1, 0.15) is 40.0 Å². The van der Waals surface area contributed by atoms with Gasteiger partial charge in [0.15, 0.2) is 0 Å². The Labute approximate surface area is 126 Å². The highest BCUT2D eigenvalue weighted by molar-refractivity contribution is 8.00. The van der Waals surface area contributed by atoms with Gasteiger partial charge in [-0.3, -0.25) is 0 Å². The van der Waals surface area contributed by atoms with Crippen LogP contribution >= 0.6 is 23.4 Å². The zero-order valence-corrected chi connectivity index (χ0v) is 13.6. The summed E-state index contributed by atoms with van der Waals surface area (Å²) in [4.78, 5) is 1.17. The molecule has 2 N–H and O–H groups in total. The Morgan fingerprint density at radius 1 is 1.21 bits per heavy atom. The van der Waals surface area contributed by atoms with Gasteiger partial charge in [0.2, 0.25) is 0 Å². The fourth-order valence-corrected chi connectivity index (χ4v) is 4.35. The molecule has 2 rings (SSSR count). The lowest BCUT2D eigenvalue weighted by Gasteiger charge is -2.40. The van der Waals surface area contributed by atoms with Crippen molar-refractivity contribution >= 4 is 23.4 Å². The molecule has 1 saturated carbocycles. The molecular formula is C16H24ClNS. The van der Waals surface area contributed by atoms with E-state index < -0.39 is 0 Å². The lowest BCUT2D eigenvalue weighted by atomic mass is 9.71. The molecule has 0 saturated heterocycles. The van der Waals surface area contributed by atoms with E-state index in [0.717, 1.165) is 17.4 Å². The third kappa shape index (κ3) is 3.90. The summed E-state index contributed by atoms with van der Waals surface area (Å²) in [6.45, 7) is 7.02. The molecule has 0 radical (unpaired) electrons. The maximum absolute atomic E-state index is 6.32. The van der Waals surface area contributed by atoms with E-state index in [0.29, 0.717) is 16.7 Å². The molecule has 0 amide bonds. The number of hydrogen-bond donors (Lipinski definition) is 1. The van der Waals surface area contributed by atoms with Crippen LogP contribution in [-0.4, -0.2) is 11.3 Å². The van der Waals surface area contributed by atoms with Crippen LogP contribution in [0.4, 0.5) is 0 Å². The largest absolute Gasteiger partial charge is 0.327 e. The van der Waals surface area contributed by atoms with E-state index in [2.05, 4.69) is 26.8 Å². The third-order valence-electron chi connectivity index (χ3n) is 4.18. The molecule has 0 bridgehead atoms. The number of rotatable bonds is 2. The first kappa shape index (κ1) is 15.2. The van der Waals surface area contributed by atoms with Gasteiger partial charge in [0, 0.05) is 16.2 Å². The molecule has 19 heavy (non-hydrogen) atoms. The molecule has 3 atom stereocenters. The molecule has 1 fully saturated rings. The smallest absolute Gasteiger partial charge is 0.0541 e. The normalized spacial score (nSPS) is 28.4. The summed E-state index contributed by atoms with van der Waals surface area (Å²) >= 11 is 8.12. The van der Waals surface area contributed by atoms with Crippen LogP contribution in [0.15, 0.2) is 29.2 Å². The minimum absolute atomic E-state index is 0.292. The minimum Gasteiger partial charge on any atom is -0.327 e. The average Bonchev–Trinajstić information content (AvgIpc) is 2.33. The molecule has 0 aromatic heterocycles. The van der Waals surface area contributed by atoms with Gasteiger partial charge in [-0.1, -0.05) is 44.5 Å². The monoisotopic (exact) mass is 297 g/mol. The van der Waals surface area contributed by atoms with Crippen molar-refractivity contribution in [3.8, 4) is 0 Å². The molecule has 3 unspecified atom stereocenters. The first-order valence-electron chi connectivity index (χ1n) is 7.04. The maximum atomic E-state index is 6.32. The Bertz CT molecular complexity index is 427. The van der Waals surface area contributed by atoms with Crippen molar-refractivity contribution in [2.75, 3.05) is 0 Å². The lowest BCUT2D eigenvalue weighted by Crippen LogP contribution is -2.41. The summed E-state index contributed by atoms with van der Waals surface area (Å²) in [5, 5.41) is 1.33. The molecule has 1 nitrogen and oxygen atoms in total. The minimum atomic E-state index is 0.292. The second-order valence-corrected chi connectivity index (χ2v) is 8.31. The second kappa shape index (κ2) is 6.07. The Morgan fingerprint density at radius 2 is 1.89 bits per heavy atom. The van der Waals surface area contributed by atoms with Gasteiger partial charge in [0.25, 0.3) is 0 Å². The molecule has 1 aromatic carbocycles. The standard InChI is InChI=1S/C16H24ClNS/c1-16(2,3)11-8-9-13(18)15(10-11)19-14-7-5-4-6-12(14)17/h4-7,11,13,15H,8-10,18H2,1-3H3. The van der Waals surface area contributed by atoms with E-state index in [1.807, 2.05) is 30.0 Å². The van der Waals surface area contributed by atoms with Crippen molar-refractivity contribution in [3.63, 3.8) is 0 Å². The van der Waals surface area contributed by atoms with Crippen molar-refractivity contribution < 1.29 is 0 Å². The van der Waals surface area contributed by atoms with E-state index >= 15 is 0 Å². The van der Waals surface area contributed by atoms with Crippen LogP contribution in [0.25, 0.3) is 0 Å². The number of halogens is 1. The van der Waals surface area contributed by atoms with Gasteiger partial charge < -0.3 is 5.73 Å². The summed E-state index contributed by atoms with van der Waals surface area (Å²) in [5.74, 6) is 0.757. The van der Waals surface area contributed by atoms with Crippen LogP contribution in [0.2, 0.25) is 5.02 Å². The Hall–Kier alpha value is -0.180. The second-order valence-electron chi connectivity index (χ2n) is 6.63. The molecule has 0 heterocycles. The quantitative estimate of drug-likeness (QED) is 0.833. The number of thioether (sulfide) groups is 1. The zero-order valence-electron chi connectivity index (χ0n) is 12.0. The summed E-state index contributed by atoms with van der Waals surface area (Å²) in [6, 6.07) is 8.37. The Kier molecular flexibility index (Phi) is 4.86. The van der Waals surface area contributed by atoms with E-state index in [4.69, 9.17) is 17.3 Å². The summed E-state index contributed by atoms with van der Waals surface area (Å²) in [7, 11) is 0. The Balaban J connectivity index is 2.08. The van der Waals surface area contributed by atoms with Crippen LogP contribution < -0.4 is 5.73 Å². The van der Waals surface area contributed by atoms with Crippen molar-refractivity contribution in [1.82, 2.24) is 0 Å². The molecule has 106 valence electrons. The highest BCUT2D eigenvalue weighted by Gasteiger charge is 2.35. The van der Waals surface area contributed by atoms with E-state index in [-0.39, 0.29) is 0 Å². The van der Waals surface area contributed by atoms with Gasteiger partial charge in [-0.05, 0) is 42.7 Å². The van der Waals surface area contributed by atoms with Gasteiger partial charge in [-0.15, -0.1) is 11.8 Å². The summed E-state index contributed by atoms with van der Waals surface area (Å²) < 4.78 is 0.